The smallest absolute Gasteiger partial charge is 0.244 e. The number of carbonyl (C=O) groups excluding carboxylic acids is 4. The van der Waals surface area contributed by atoms with Gasteiger partial charge in [0.05, 0.1) is 23.6 Å². The molecule has 0 radical (unpaired) electrons. The molecule has 1 saturated heterocycles. The van der Waals surface area contributed by atoms with Gasteiger partial charge >= 0.3 is 0 Å². The Labute approximate surface area is 168 Å². The van der Waals surface area contributed by atoms with Crippen LogP contribution in [0, 0.1) is 0 Å². The van der Waals surface area contributed by atoms with Crippen LogP contribution in [0.5, 0.6) is 0 Å². The summed E-state index contributed by atoms with van der Waals surface area (Å²) in [4.78, 5) is 48.5. The molecule has 3 unspecified atom stereocenters. The van der Waals surface area contributed by atoms with E-state index in [1.54, 1.807) is 11.8 Å². The van der Waals surface area contributed by atoms with Gasteiger partial charge in [0.25, 0.3) is 0 Å². The lowest BCUT2D eigenvalue weighted by molar-refractivity contribution is -0.135. The van der Waals surface area contributed by atoms with E-state index in [4.69, 9.17) is 0 Å². The van der Waals surface area contributed by atoms with E-state index in [0.29, 0.717) is 45.3 Å². The predicted octanol–water partition coefficient (Wildman–Crippen LogP) is -1.60. The van der Waals surface area contributed by atoms with Crippen LogP contribution in [0.4, 0.5) is 0 Å². The standard InChI is InChI=1S/C17H31N5O5S/c1-13(17(26)22-9-5-6-10-22)20-15(24)11-19-16(25)14(21-28(2)27)7-3-4-8-18-12-23/h12-14,21H,3-11H2,1-2H3,(H,18,23)(H,19,25)(H,20,24). The molecule has 160 valence electrons. The van der Waals surface area contributed by atoms with Crippen LogP contribution in [0.25, 0.3) is 0 Å². The Morgan fingerprint density at radius 2 is 1.86 bits per heavy atom. The molecule has 0 saturated carbocycles. The van der Waals surface area contributed by atoms with Crippen LogP contribution in [0.1, 0.15) is 39.0 Å². The van der Waals surface area contributed by atoms with Gasteiger partial charge in [0.2, 0.25) is 24.1 Å². The third kappa shape index (κ3) is 9.27. The molecule has 3 atom stereocenters. The summed E-state index contributed by atoms with van der Waals surface area (Å²) in [6.07, 6.45) is 5.71. The minimum Gasteiger partial charge on any atom is -0.359 e. The number of nitrogens with one attached hydrogen (secondary N) is 4. The fourth-order valence-corrected chi connectivity index (χ4v) is 3.56. The lowest BCUT2D eigenvalue weighted by Crippen LogP contribution is -2.51. The van der Waals surface area contributed by atoms with Gasteiger partial charge in [0.1, 0.15) is 6.04 Å². The highest BCUT2D eigenvalue weighted by Crippen LogP contribution is 2.08. The first kappa shape index (κ1) is 24.0. The average molecular weight is 418 g/mol. The van der Waals surface area contributed by atoms with Crippen LogP contribution in [0.15, 0.2) is 0 Å². The first-order chi connectivity index (χ1) is 13.3. The van der Waals surface area contributed by atoms with Crippen LogP contribution < -0.4 is 20.7 Å². The van der Waals surface area contributed by atoms with E-state index < -0.39 is 34.9 Å². The number of amides is 4. The summed E-state index contributed by atoms with van der Waals surface area (Å²) in [6.45, 7) is 3.27. The van der Waals surface area contributed by atoms with Crippen LogP contribution in [0.2, 0.25) is 0 Å². The summed E-state index contributed by atoms with van der Waals surface area (Å²) in [5, 5.41) is 7.63. The minimum atomic E-state index is -1.39. The fraction of sp³-hybridized carbons (Fsp3) is 0.765. The highest BCUT2D eigenvalue weighted by atomic mass is 32.2. The Balaban J connectivity index is 2.39. The molecule has 4 N–H and O–H groups in total. The molecule has 1 rings (SSSR count). The molecular formula is C17H31N5O5S. The number of hydrogen-bond donors (Lipinski definition) is 4. The van der Waals surface area contributed by atoms with E-state index >= 15 is 0 Å². The molecule has 0 aromatic carbocycles. The van der Waals surface area contributed by atoms with Gasteiger partial charge in [0, 0.05) is 25.9 Å². The normalized spacial score (nSPS) is 16.7. The summed E-state index contributed by atoms with van der Waals surface area (Å²) in [6, 6.07) is -1.36. The van der Waals surface area contributed by atoms with Crippen LogP contribution in [-0.4, -0.2) is 77.8 Å². The van der Waals surface area contributed by atoms with Crippen molar-refractivity contribution in [1.82, 2.24) is 25.6 Å². The van der Waals surface area contributed by atoms with Crippen molar-refractivity contribution in [2.24, 2.45) is 0 Å². The van der Waals surface area contributed by atoms with Crippen molar-refractivity contribution < 1.29 is 23.4 Å². The number of unbranched alkanes of at least 4 members (excludes halogenated alkanes) is 1. The Morgan fingerprint density at radius 1 is 1.18 bits per heavy atom. The van der Waals surface area contributed by atoms with Crippen molar-refractivity contribution in [3.05, 3.63) is 0 Å². The summed E-state index contributed by atoms with van der Waals surface area (Å²) in [5.74, 6) is -1.02. The second-order valence-electron chi connectivity index (χ2n) is 6.73. The average Bonchev–Trinajstić information content (AvgIpc) is 3.18. The maximum atomic E-state index is 12.3. The van der Waals surface area contributed by atoms with Crippen LogP contribution in [-0.2, 0) is 30.2 Å². The molecule has 10 nitrogen and oxygen atoms in total. The van der Waals surface area contributed by atoms with Crippen LogP contribution >= 0.6 is 0 Å². The number of nitrogens with zero attached hydrogens (tertiary/aromatic N) is 1. The molecule has 0 aromatic rings. The monoisotopic (exact) mass is 417 g/mol. The molecule has 0 spiro atoms. The zero-order valence-corrected chi connectivity index (χ0v) is 17.3. The Bertz CT molecular complexity index is 568. The number of rotatable bonds is 13. The second-order valence-corrected chi connectivity index (χ2v) is 7.88. The van der Waals surface area contributed by atoms with Gasteiger partial charge in [-0.25, -0.2) is 8.93 Å². The lowest BCUT2D eigenvalue weighted by Gasteiger charge is -2.21. The molecule has 0 bridgehead atoms. The molecule has 0 aliphatic carbocycles. The van der Waals surface area contributed by atoms with Crippen molar-refractivity contribution in [2.75, 3.05) is 32.4 Å². The summed E-state index contributed by atoms with van der Waals surface area (Å²) in [5.41, 5.74) is 0. The second kappa shape index (κ2) is 13.2. The van der Waals surface area contributed by atoms with E-state index in [9.17, 15) is 23.4 Å². The summed E-state index contributed by atoms with van der Waals surface area (Å²) in [7, 11) is -1.39. The minimum absolute atomic E-state index is 0.123. The molecule has 1 aliphatic rings. The van der Waals surface area contributed by atoms with Crippen molar-refractivity contribution in [3.8, 4) is 0 Å². The van der Waals surface area contributed by atoms with Gasteiger partial charge in [-0.15, -0.1) is 0 Å². The molecule has 28 heavy (non-hydrogen) atoms. The van der Waals surface area contributed by atoms with Gasteiger partial charge in [-0.2, -0.15) is 0 Å². The van der Waals surface area contributed by atoms with Crippen molar-refractivity contribution in [1.29, 1.82) is 0 Å². The van der Waals surface area contributed by atoms with Crippen molar-refractivity contribution >= 4 is 35.1 Å². The Kier molecular flexibility index (Phi) is 11.3. The summed E-state index contributed by atoms with van der Waals surface area (Å²) < 4.78 is 14.1. The van der Waals surface area contributed by atoms with E-state index in [1.807, 2.05) is 0 Å². The van der Waals surface area contributed by atoms with Gasteiger partial charge < -0.3 is 20.9 Å². The molecule has 0 aromatic heterocycles. The molecule has 1 aliphatic heterocycles. The predicted molar refractivity (Wildman–Crippen MR) is 105 cm³/mol. The summed E-state index contributed by atoms with van der Waals surface area (Å²) >= 11 is 0. The zero-order valence-electron chi connectivity index (χ0n) is 16.5. The van der Waals surface area contributed by atoms with Gasteiger partial charge in [-0.05, 0) is 39.0 Å². The largest absolute Gasteiger partial charge is 0.359 e. The van der Waals surface area contributed by atoms with E-state index in [1.165, 1.54) is 6.26 Å². The zero-order chi connectivity index (χ0) is 20.9. The topological polar surface area (TPSA) is 137 Å². The first-order valence-corrected chi connectivity index (χ1v) is 11.0. The van der Waals surface area contributed by atoms with Gasteiger partial charge in [-0.1, -0.05) is 0 Å². The highest BCUT2D eigenvalue weighted by molar-refractivity contribution is 7.82. The number of carbonyl (C=O) groups is 4. The SMILES string of the molecule is CC(NC(=O)CNC(=O)C(CCCCNC=O)NS(C)=O)C(=O)N1CCCC1. The third-order valence-corrected chi connectivity index (χ3v) is 4.98. The molecule has 4 amide bonds. The fourth-order valence-electron chi connectivity index (χ4n) is 2.93. The first-order valence-electron chi connectivity index (χ1n) is 9.47. The van der Waals surface area contributed by atoms with Crippen LogP contribution in [0.3, 0.4) is 0 Å². The van der Waals surface area contributed by atoms with Gasteiger partial charge in [0.15, 0.2) is 0 Å². The third-order valence-electron chi connectivity index (χ3n) is 4.36. The van der Waals surface area contributed by atoms with E-state index in [2.05, 4.69) is 20.7 Å². The number of likely N-dealkylation sites (tertiary alicyclic amines) is 1. The van der Waals surface area contributed by atoms with E-state index in [0.717, 1.165) is 12.8 Å². The maximum Gasteiger partial charge on any atom is 0.244 e. The highest BCUT2D eigenvalue weighted by Gasteiger charge is 2.25. The van der Waals surface area contributed by atoms with Gasteiger partial charge in [-0.3, -0.25) is 19.2 Å². The molecule has 1 heterocycles. The number of hydrogen-bond acceptors (Lipinski definition) is 5. The maximum absolute atomic E-state index is 12.3. The molecular weight excluding hydrogens is 386 g/mol. The Morgan fingerprint density at radius 3 is 2.46 bits per heavy atom. The van der Waals surface area contributed by atoms with E-state index in [-0.39, 0.29) is 12.5 Å². The molecule has 1 fully saturated rings. The lowest BCUT2D eigenvalue weighted by atomic mass is 10.1. The van der Waals surface area contributed by atoms with Crippen molar-refractivity contribution in [2.45, 2.75) is 51.1 Å². The quantitative estimate of drug-likeness (QED) is 0.211. The van der Waals surface area contributed by atoms with Crippen molar-refractivity contribution in [3.63, 3.8) is 0 Å². The molecule has 11 heteroatoms. The Hall–Kier alpha value is -2.01.